The molecule has 1 aliphatic heterocycles. The summed E-state index contributed by atoms with van der Waals surface area (Å²) in [5.74, 6) is 2.37. The first kappa shape index (κ1) is 20.5. The van der Waals surface area contributed by atoms with E-state index in [1.165, 1.54) is 0 Å². The Labute approximate surface area is 172 Å². The number of guanidine groups is 1. The number of benzene rings is 1. The summed E-state index contributed by atoms with van der Waals surface area (Å²) in [4.78, 5) is 11.5. The number of halogens is 1. The highest BCUT2D eigenvalue weighted by atomic mass is 35.5. The predicted molar refractivity (Wildman–Crippen MR) is 114 cm³/mol. The second-order valence-corrected chi connectivity index (χ2v) is 7.64. The van der Waals surface area contributed by atoms with Crippen LogP contribution in [0.3, 0.4) is 0 Å². The zero-order valence-electron chi connectivity index (χ0n) is 16.9. The normalized spacial score (nSPS) is 20.3. The van der Waals surface area contributed by atoms with Gasteiger partial charge in [-0.15, -0.1) is 0 Å². The van der Waals surface area contributed by atoms with Gasteiger partial charge in [0, 0.05) is 43.6 Å². The lowest BCUT2D eigenvalue weighted by atomic mass is 9.93. The molecule has 0 radical (unpaired) electrons. The first-order valence-electron chi connectivity index (χ1n) is 9.95. The number of ether oxygens (including phenoxy) is 1. The first-order valence-corrected chi connectivity index (χ1v) is 10.3. The van der Waals surface area contributed by atoms with Gasteiger partial charge in [-0.25, -0.2) is 4.98 Å². The lowest BCUT2D eigenvalue weighted by Crippen LogP contribution is -2.49. The van der Waals surface area contributed by atoms with Gasteiger partial charge < -0.3 is 19.5 Å². The Morgan fingerprint density at radius 2 is 2.29 bits per heavy atom. The number of nitrogens with zero attached hydrogens (tertiary/aromatic N) is 4. The third-order valence-electron chi connectivity index (χ3n) is 5.36. The molecule has 1 aliphatic rings. The molecule has 0 spiro atoms. The fourth-order valence-corrected chi connectivity index (χ4v) is 3.93. The van der Waals surface area contributed by atoms with E-state index in [1.54, 1.807) is 7.11 Å². The number of piperidine rings is 1. The van der Waals surface area contributed by atoms with Crippen LogP contribution in [0.4, 0.5) is 0 Å². The fraction of sp³-hybridized carbons (Fsp3) is 0.524. The Morgan fingerprint density at radius 3 is 2.96 bits per heavy atom. The van der Waals surface area contributed by atoms with Crippen LogP contribution in [0.2, 0.25) is 5.02 Å². The summed E-state index contributed by atoms with van der Waals surface area (Å²) in [6.45, 7) is 7.92. The van der Waals surface area contributed by atoms with Gasteiger partial charge in [0.2, 0.25) is 0 Å². The first-order chi connectivity index (χ1) is 13.6. The van der Waals surface area contributed by atoms with Gasteiger partial charge in [0.25, 0.3) is 0 Å². The van der Waals surface area contributed by atoms with Crippen molar-refractivity contribution in [3.05, 3.63) is 47.5 Å². The second-order valence-electron chi connectivity index (χ2n) is 7.23. The average Bonchev–Trinajstić information content (AvgIpc) is 3.23. The Kier molecular flexibility index (Phi) is 7.20. The molecule has 1 N–H and O–H groups in total. The van der Waals surface area contributed by atoms with Crippen molar-refractivity contribution in [1.29, 1.82) is 0 Å². The average molecular weight is 404 g/mol. The van der Waals surface area contributed by atoms with E-state index in [2.05, 4.69) is 39.8 Å². The molecule has 0 aliphatic carbocycles. The van der Waals surface area contributed by atoms with Crippen molar-refractivity contribution in [2.24, 2.45) is 10.9 Å². The minimum atomic E-state index is 0.413. The van der Waals surface area contributed by atoms with E-state index < -0.39 is 0 Å². The van der Waals surface area contributed by atoms with Crippen LogP contribution in [0, 0.1) is 5.92 Å². The zero-order chi connectivity index (χ0) is 19.9. The summed E-state index contributed by atoms with van der Waals surface area (Å²) in [5.41, 5.74) is 1.09. The van der Waals surface area contributed by atoms with Gasteiger partial charge in [-0.2, -0.15) is 0 Å². The van der Waals surface area contributed by atoms with Gasteiger partial charge >= 0.3 is 0 Å². The maximum atomic E-state index is 6.36. The van der Waals surface area contributed by atoms with Gasteiger partial charge in [-0.05, 0) is 43.4 Å². The van der Waals surface area contributed by atoms with Crippen LogP contribution in [-0.2, 0) is 6.42 Å². The highest BCUT2D eigenvalue weighted by Gasteiger charge is 2.28. The summed E-state index contributed by atoms with van der Waals surface area (Å²) in [7, 11) is 1.65. The Bertz CT molecular complexity index is 777. The molecule has 2 heterocycles. The van der Waals surface area contributed by atoms with Gasteiger partial charge in [-0.1, -0.05) is 24.6 Å². The number of hydrogen-bond donors (Lipinski definition) is 1. The van der Waals surface area contributed by atoms with E-state index in [0.717, 1.165) is 54.8 Å². The number of likely N-dealkylation sites (tertiary alicyclic amines) is 1. The molecule has 1 saturated heterocycles. The minimum absolute atomic E-state index is 0.413. The molecule has 6 nitrogen and oxygen atoms in total. The van der Waals surface area contributed by atoms with E-state index in [4.69, 9.17) is 21.3 Å². The van der Waals surface area contributed by atoms with E-state index in [1.807, 2.05) is 30.7 Å². The number of imidazole rings is 1. The van der Waals surface area contributed by atoms with Crippen molar-refractivity contribution in [3.8, 4) is 5.75 Å². The maximum absolute atomic E-state index is 6.36. The van der Waals surface area contributed by atoms with Crippen LogP contribution in [-0.4, -0.2) is 53.7 Å². The largest absolute Gasteiger partial charge is 0.497 e. The maximum Gasteiger partial charge on any atom is 0.193 e. The molecule has 7 heteroatoms. The molecule has 2 unspecified atom stereocenters. The quantitative estimate of drug-likeness (QED) is 0.591. The van der Waals surface area contributed by atoms with Crippen molar-refractivity contribution in [1.82, 2.24) is 19.8 Å². The molecule has 3 rings (SSSR count). The lowest BCUT2D eigenvalue weighted by molar-refractivity contribution is 0.189. The number of aliphatic imine (C=N–C) groups is 1. The molecule has 0 amide bonds. The van der Waals surface area contributed by atoms with Gasteiger partial charge in [-0.3, -0.25) is 4.99 Å². The van der Waals surface area contributed by atoms with Crippen LogP contribution >= 0.6 is 11.6 Å². The third-order valence-corrected chi connectivity index (χ3v) is 5.72. The van der Waals surface area contributed by atoms with Gasteiger partial charge in [0.15, 0.2) is 5.96 Å². The molecule has 2 atom stereocenters. The number of aromatic nitrogens is 2. The van der Waals surface area contributed by atoms with Crippen LogP contribution < -0.4 is 10.1 Å². The van der Waals surface area contributed by atoms with Gasteiger partial charge in [0.1, 0.15) is 5.75 Å². The van der Waals surface area contributed by atoms with E-state index in [-0.39, 0.29) is 0 Å². The Morgan fingerprint density at radius 1 is 1.43 bits per heavy atom. The van der Waals surface area contributed by atoms with Crippen molar-refractivity contribution < 1.29 is 4.74 Å². The molecule has 2 aromatic rings. The van der Waals surface area contributed by atoms with Crippen molar-refractivity contribution in [3.63, 3.8) is 0 Å². The van der Waals surface area contributed by atoms with E-state index in [9.17, 15) is 0 Å². The lowest BCUT2D eigenvalue weighted by Gasteiger charge is -2.39. The molecule has 0 bridgehead atoms. The fourth-order valence-electron chi connectivity index (χ4n) is 3.66. The molecule has 1 aromatic carbocycles. The minimum Gasteiger partial charge on any atom is -0.497 e. The highest BCUT2D eigenvalue weighted by molar-refractivity contribution is 6.31. The van der Waals surface area contributed by atoms with Gasteiger partial charge in [0.05, 0.1) is 19.5 Å². The smallest absolute Gasteiger partial charge is 0.193 e. The topological polar surface area (TPSA) is 54.7 Å². The number of methoxy groups -OCH3 is 1. The van der Waals surface area contributed by atoms with Crippen molar-refractivity contribution in [2.45, 2.75) is 32.7 Å². The van der Waals surface area contributed by atoms with Crippen molar-refractivity contribution >= 4 is 17.6 Å². The van der Waals surface area contributed by atoms with Crippen LogP contribution in [0.15, 0.2) is 41.9 Å². The molecule has 28 heavy (non-hydrogen) atoms. The molecule has 1 aromatic heterocycles. The third kappa shape index (κ3) is 4.98. The van der Waals surface area contributed by atoms with Crippen LogP contribution in [0.5, 0.6) is 5.75 Å². The summed E-state index contributed by atoms with van der Waals surface area (Å²) in [6.07, 6.45) is 7.76. The SMILES string of the molecule is CCNC(=NCCc1ccc(OC)cc1Cl)N1CCC(C)C(n2ccnc2)C1. The summed E-state index contributed by atoms with van der Waals surface area (Å²) in [5, 5.41) is 4.18. The van der Waals surface area contributed by atoms with E-state index in [0.29, 0.717) is 18.5 Å². The number of rotatable bonds is 6. The summed E-state index contributed by atoms with van der Waals surface area (Å²) in [6, 6.07) is 6.23. The Balaban J connectivity index is 1.66. The number of nitrogens with one attached hydrogen (secondary N) is 1. The molecular formula is C21H30ClN5O. The Hall–Kier alpha value is -2.21. The van der Waals surface area contributed by atoms with Crippen LogP contribution in [0.25, 0.3) is 0 Å². The van der Waals surface area contributed by atoms with Crippen molar-refractivity contribution in [2.75, 3.05) is 33.3 Å². The van der Waals surface area contributed by atoms with E-state index >= 15 is 0 Å². The summed E-state index contributed by atoms with van der Waals surface area (Å²) < 4.78 is 7.44. The number of hydrogen-bond acceptors (Lipinski definition) is 3. The highest BCUT2D eigenvalue weighted by Crippen LogP contribution is 2.27. The van der Waals surface area contributed by atoms with Crippen LogP contribution in [0.1, 0.15) is 31.9 Å². The molecular weight excluding hydrogens is 374 g/mol. The second kappa shape index (κ2) is 9.82. The molecule has 0 saturated carbocycles. The molecule has 152 valence electrons. The monoisotopic (exact) mass is 403 g/mol. The predicted octanol–water partition coefficient (Wildman–Crippen LogP) is 3.64. The summed E-state index contributed by atoms with van der Waals surface area (Å²) >= 11 is 6.36. The molecule has 1 fully saturated rings. The zero-order valence-corrected chi connectivity index (χ0v) is 17.7. The standard InChI is InChI=1S/C21H30ClN5O/c1-4-24-21(25-9-7-17-5-6-18(28-3)13-19(17)22)26-11-8-16(2)20(14-26)27-12-10-23-15-27/h5-6,10,12-13,15-16,20H,4,7-9,11,14H2,1-3H3,(H,24,25).